The zero-order valence-corrected chi connectivity index (χ0v) is 14.8. The van der Waals surface area contributed by atoms with E-state index in [0.29, 0.717) is 17.3 Å². The van der Waals surface area contributed by atoms with E-state index in [0.717, 1.165) is 31.7 Å². The molecular weight excluding hydrogens is 318 g/mol. The molecule has 1 aliphatic rings. The summed E-state index contributed by atoms with van der Waals surface area (Å²) < 4.78 is 5.97. The van der Waals surface area contributed by atoms with Crippen molar-refractivity contribution in [3.8, 4) is 11.6 Å². The number of carbonyl (C=O) groups is 1. The maximum Gasteiger partial charge on any atom is 0.258 e. The average Bonchev–Trinajstić information content (AvgIpc) is 2.63. The van der Waals surface area contributed by atoms with Gasteiger partial charge >= 0.3 is 0 Å². The normalized spacial score (nSPS) is 15.1. The summed E-state index contributed by atoms with van der Waals surface area (Å²) in [6.45, 7) is 5.56. The van der Waals surface area contributed by atoms with Gasteiger partial charge in [0.2, 0.25) is 11.8 Å². The van der Waals surface area contributed by atoms with E-state index in [4.69, 9.17) is 4.74 Å². The van der Waals surface area contributed by atoms with Gasteiger partial charge in [-0.2, -0.15) is 4.98 Å². The van der Waals surface area contributed by atoms with Gasteiger partial charge in [-0.25, -0.2) is 4.98 Å². The number of likely N-dealkylation sites (N-methyl/N-ethyl adjacent to an activating group) is 1. The number of hydrogen-bond acceptors (Lipinski definition) is 6. The number of amides is 1. The summed E-state index contributed by atoms with van der Waals surface area (Å²) in [6.07, 6.45) is 1.53. The molecule has 2 heterocycles. The Morgan fingerprint density at radius 3 is 2.60 bits per heavy atom. The summed E-state index contributed by atoms with van der Waals surface area (Å²) in [7, 11) is 3.67. The molecule has 1 aromatic heterocycles. The van der Waals surface area contributed by atoms with Crippen molar-refractivity contribution in [2.24, 2.45) is 0 Å². The lowest BCUT2D eigenvalue weighted by atomic mass is 10.2. The molecule has 0 saturated carbocycles. The van der Waals surface area contributed by atoms with Crippen molar-refractivity contribution < 1.29 is 9.53 Å². The van der Waals surface area contributed by atoms with Crippen LogP contribution in [-0.4, -0.2) is 61.0 Å². The number of aromatic nitrogens is 2. The fourth-order valence-corrected chi connectivity index (χ4v) is 2.66. The molecule has 2 aromatic rings. The van der Waals surface area contributed by atoms with E-state index >= 15 is 0 Å². The molecule has 0 spiro atoms. The molecular formula is C18H23N5O2. The van der Waals surface area contributed by atoms with Gasteiger partial charge in [0.1, 0.15) is 11.3 Å². The van der Waals surface area contributed by atoms with Crippen molar-refractivity contribution in [3.05, 3.63) is 41.6 Å². The second kappa shape index (κ2) is 7.48. The average molecular weight is 341 g/mol. The van der Waals surface area contributed by atoms with Crippen molar-refractivity contribution in [3.63, 3.8) is 0 Å². The van der Waals surface area contributed by atoms with Crippen LogP contribution in [0.4, 0.5) is 5.95 Å². The molecule has 0 radical (unpaired) electrons. The standard InChI is InChI=1S/C18H23N5O2/c1-13-6-4-5-7-15(13)25-17-14(16(24)19-2)12-20-18(21-17)23-10-8-22(3)9-11-23/h4-7,12H,8-11H2,1-3H3,(H,19,24). The summed E-state index contributed by atoms with van der Waals surface area (Å²) in [6, 6.07) is 7.65. The third-order valence-corrected chi connectivity index (χ3v) is 4.30. The fraction of sp³-hybridized carbons (Fsp3) is 0.389. The molecule has 0 atom stereocenters. The highest BCUT2D eigenvalue weighted by atomic mass is 16.5. The van der Waals surface area contributed by atoms with Crippen LogP contribution in [0.25, 0.3) is 0 Å². The number of rotatable bonds is 4. The summed E-state index contributed by atoms with van der Waals surface area (Å²) >= 11 is 0. The van der Waals surface area contributed by atoms with E-state index in [2.05, 4.69) is 32.1 Å². The molecule has 7 heteroatoms. The van der Waals surface area contributed by atoms with Crippen LogP contribution in [0, 0.1) is 6.92 Å². The fourth-order valence-electron chi connectivity index (χ4n) is 2.66. The Kier molecular flexibility index (Phi) is 5.14. The van der Waals surface area contributed by atoms with E-state index in [-0.39, 0.29) is 11.8 Å². The van der Waals surface area contributed by atoms with Crippen LogP contribution in [0.1, 0.15) is 15.9 Å². The number of piperazine rings is 1. The van der Waals surface area contributed by atoms with Crippen LogP contribution in [0.5, 0.6) is 11.6 Å². The first-order chi connectivity index (χ1) is 12.1. The predicted molar refractivity (Wildman–Crippen MR) is 96.4 cm³/mol. The van der Waals surface area contributed by atoms with E-state index in [1.807, 2.05) is 31.2 Å². The number of nitrogens with one attached hydrogen (secondary N) is 1. The Balaban J connectivity index is 1.93. The van der Waals surface area contributed by atoms with Gasteiger partial charge in [-0.05, 0) is 25.6 Å². The topological polar surface area (TPSA) is 70.6 Å². The Morgan fingerprint density at radius 1 is 1.20 bits per heavy atom. The van der Waals surface area contributed by atoms with Crippen molar-refractivity contribution in [1.29, 1.82) is 0 Å². The van der Waals surface area contributed by atoms with Gasteiger partial charge < -0.3 is 19.9 Å². The van der Waals surface area contributed by atoms with E-state index < -0.39 is 0 Å². The highest BCUT2D eigenvalue weighted by Gasteiger charge is 2.21. The number of nitrogens with zero attached hydrogens (tertiary/aromatic N) is 4. The van der Waals surface area contributed by atoms with Crippen LogP contribution in [0.2, 0.25) is 0 Å². The third-order valence-electron chi connectivity index (χ3n) is 4.30. The van der Waals surface area contributed by atoms with Gasteiger partial charge in [0.15, 0.2) is 0 Å². The number of hydrogen-bond donors (Lipinski definition) is 1. The van der Waals surface area contributed by atoms with E-state index in [1.54, 1.807) is 7.05 Å². The predicted octanol–water partition coefficient (Wildman–Crippen LogP) is 1.69. The zero-order valence-electron chi connectivity index (χ0n) is 14.8. The lowest BCUT2D eigenvalue weighted by Crippen LogP contribution is -2.45. The summed E-state index contributed by atoms with van der Waals surface area (Å²) in [4.78, 5) is 25.4. The van der Waals surface area contributed by atoms with Gasteiger partial charge in [0.25, 0.3) is 5.91 Å². The van der Waals surface area contributed by atoms with Crippen LogP contribution in [0.3, 0.4) is 0 Å². The Hall–Kier alpha value is -2.67. The number of aryl methyl sites for hydroxylation is 1. The molecule has 132 valence electrons. The van der Waals surface area contributed by atoms with Crippen LogP contribution in [-0.2, 0) is 0 Å². The molecule has 1 aromatic carbocycles. The minimum Gasteiger partial charge on any atom is -0.438 e. The maximum atomic E-state index is 12.1. The molecule has 1 amide bonds. The summed E-state index contributed by atoms with van der Waals surface area (Å²) in [5.41, 5.74) is 1.30. The van der Waals surface area contributed by atoms with Gasteiger partial charge in [0, 0.05) is 39.4 Å². The number of benzene rings is 1. The number of anilines is 1. The Bertz CT molecular complexity index is 757. The van der Waals surface area contributed by atoms with Crippen molar-refractivity contribution in [1.82, 2.24) is 20.2 Å². The Labute approximate surface area is 147 Å². The molecule has 0 aliphatic carbocycles. The molecule has 25 heavy (non-hydrogen) atoms. The first-order valence-corrected chi connectivity index (χ1v) is 8.34. The molecule has 1 fully saturated rings. The van der Waals surface area contributed by atoms with Crippen LogP contribution in [0.15, 0.2) is 30.5 Å². The smallest absolute Gasteiger partial charge is 0.258 e. The zero-order chi connectivity index (χ0) is 17.8. The van der Waals surface area contributed by atoms with E-state index in [9.17, 15) is 4.79 Å². The second-order valence-electron chi connectivity index (χ2n) is 6.13. The SMILES string of the molecule is CNC(=O)c1cnc(N2CCN(C)CC2)nc1Oc1ccccc1C. The monoisotopic (exact) mass is 341 g/mol. The first-order valence-electron chi connectivity index (χ1n) is 8.34. The largest absolute Gasteiger partial charge is 0.438 e. The maximum absolute atomic E-state index is 12.1. The molecule has 0 bridgehead atoms. The Morgan fingerprint density at radius 2 is 1.92 bits per heavy atom. The number of carbonyl (C=O) groups excluding carboxylic acids is 1. The molecule has 1 aliphatic heterocycles. The lowest BCUT2D eigenvalue weighted by Gasteiger charge is -2.32. The minimum absolute atomic E-state index is 0.270. The third kappa shape index (κ3) is 3.88. The molecule has 1 saturated heterocycles. The van der Waals surface area contributed by atoms with Crippen molar-refractivity contribution >= 4 is 11.9 Å². The number of ether oxygens (including phenoxy) is 1. The van der Waals surface area contributed by atoms with Gasteiger partial charge in [0.05, 0.1) is 0 Å². The highest BCUT2D eigenvalue weighted by Crippen LogP contribution is 2.27. The summed E-state index contributed by atoms with van der Waals surface area (Å²) in [5.74, 6) is 1.27. The van der Waals surface area contributed by atoms with Gasteiger partial charge in [-0.15, -0.1) is 0 Å². The van der Waals surface area contributed by atoms with Crippen molar-refractivity contribution in [2.45, 2.75) is 6.92 Å². The van der Waals surface area contributed by atoms with Gasteiger partial charge in [-0.1, -0.05) is 18.2 Å². The first kappa shape index (κ1) is 17.2. The second-order valence-corrected chi connectivity index (χ2v) is 6.13. The van der Waals surface area contributed by atoms with Gasteiger partial charge in [-0.3, -0.25) is 4.79 Å². The highest BCUT2D eigenvalue weighted by molar-refractivity contribution is 5.96. The molecule has 1 N–H and O–H groups in total. The molecule has 7 nitrogen and oxygen atoms in total. The molecule has 0 unspecified atom stereocenters. The number of para-hydroxylation sites is 1. The van der Waals surface area contributed by atoms with Crippen LogP contribution < -0.4 is 15.0 Å². The van der Waals surface area contributed by atoms with Crippen molar-refractivity contribution in [2.75, 3.05) is 45.2 Å². The van der Waals surface area contributed by atoms with Crippen LogP contribution >= 0.6 is 0 Å². The lowest BCUT2D eigenvalue weighted by molar-refractivity contribution is 0.0959. The minimum atomic E-state index is -0.270. The van der Waals surface area contributed by atoms with E-state index in [1.165, 1.54) is 6.20 Å². The quantitative estimate of drug-likeness (QED) is 0.912. The summed E-state index contributed by atoms with van der Waals surface area (Å²) in [5, 5.41) is 2.61. The molecule has 3 rings (SSSR count).